The predicted molar refractivity (Wildman–Crippen MR) is 70.0 cm³/mol. The van der Waals surface area contributed by atoms with Crippen LogP contribution in [0.1, 0.15) is 37.7 Å². The molecule has 0 N–H and O–H groups in total. The molecule has 2 aliphatic rings. The summed E-state index contributed by atoms with van der Waals surface area (Å²) in [4.78, 5) is 0. The molecule has 1 spiro atoms. The lowest BCUT2D eigenvalue weighted by atomic mass is 9.68. The molecule has 0 bridgehead atoms. The van der Waals surface area contributed by atoms with Crippen molar-refractivity contribution in [1.82, 2.24) is 0 Å². The molecule has 1 aliphatic heterocycles. The molecule has 1 saturated carbocycles. The van der Waals surface area contributed by atoms with Gasteiger partial charge in [-0.15, -0.1) is 0 Å². The van der Waals surface area contributed by atoms with Gasteiger partial charge in [-0.1, -0.05) is 30.3 Å². The van der Waals surface area contributed by atoms with E-state index >= 15 is 0 Å². The van der Waals surface area contributed by atoms with E-state index in [1.807, 2.05) is 0 Å². The fourth-order valence-electron chi connectivity index (χ4n) is 3.27. The highest BCUT2D eigenvalue weighted by Gasteiger charge is 2.41. The van der Waals surface area contributed by atoms with E-state index < -0.39 is 0 Å². The van der Waals surface area contributed by atoms with Crippen LogP contribution in [-0.2, 0) is 11.2 Å². The standard InChI is InChI=1S/C16H22O/c1-2-4-14(5-3-1)6-7-15-8-10-16(11-9-15)12-17-13-16/h1-5,15H,6-13H2. The summed E-state index contributed by atoms with van der Waals surface area (Å²) in [5.74, 6) is 0.960. The van der Waals surface area contributed by atoms with Crippen LogP contribution in [0.3, 0.4) is 0 Å². The van der Waals surface area contributed by atoms with Crippen molar-refractivity contribution in [2.75, 3.05) is 13.2 Å². The Hall–Kier alpha value is -0.820. The third-order valence-corrected chi connectivity index (χ3v) is 4.67. The van der Waals surface area contributed by atoms with E-state index in [1.165, 1.54) is 44.1 Å². The van der Waals surface area contributed by atoms with Crippen LogP contribution < -0.4 is 0 Å². The average molecular weight is 230 g/mol. The van der Waals surface area contributed by atoms with Gasteiger partial charge >= 0.3 is 0 Å². The van der Waals surface area contributed by atoms with Gasteiger partial charge in [0, 0.05) is 5.41 Å². The van der Waals surface area contributed by atoms with E-state index in [2.05, 4.69) is 30.3 Å². The fraction of sp³-hybridized carbons (Fsp3) is 0.625. The predicted octanol–water partition coefficient (Wildman–Crippen LogP) is 3.83. The second kappa shape index (κ2) is 4.81. The first kappa shape index (κ1) is 11.3. The van der Waals surface area contributed by atoms with Gasteiger partial charge in [-0.25, -0.2) is 0 Å². The molecule has 0 amide bonds. The summed E-state index contributed by atoms with van der Waals surface area (Å²) in [5.41, 5.74) is 2.11. The number of ether oxygens (including phenoxy) is 1. The molecule has 0 unspecified atom stereocenters. The smallest absolute Gasteiger partial charge is 0.0544 e. The average Bonchev–Trinajstić information content (AvgIpc) is 2.36. The van der Waals surface area contributed by atoms with E-state index in [4.69, 9.17) is 4.74 Å². The molecule has 1 nitrogen and oxygen atoms in total. The molecule has 92 valence electrons. The topological polar surface area (TPSA) is 9.23 Å². The zero-order chi connectivity index (χ0) is 11.6. The molecule has 1 aliphatic carbocycles. The Kier molecular flexibility index (Phi) is 3.19. The van der Waals surface area contributed by atoms with Crippen molar-refractivity contribution in [1.29, 1.82) is 0 Å². The summed E-state index contributed by atoms with van der Waals surface area (Å²) >= 11 is 0. The molecule has 17 heavy (non-hydrogen) atoms. The zero-order valence-corrected chi connectivity index (χ0v) is 10.5. The van der Waals surface area contributed by atoms with E-state index in [9.17, 15) is 0 Å². The largest absolute Gasteiger partial charge is 0.380 e. The van der Waals surface area contributed by atoms with Crippen molar-refractivity contribution in [3.63, 3.8) is 0 Å². The number of hydrogen-bond donors (Lipinski definition) is 0. The van der Waals surface area contributed by atoms with Crippen molar-refractivity contribution in [3.05, 3.63) is 35.9 Å². The molecule has 1 heteroatoms. The second-order valence-electron chi connectivity index (χ2n) is 5.96. The lowest BCUT2D eigenvalue weighted by molar-refractivity contribution is -0.136. The first-order valence-electron chi connectivity index (χ1n) is 6.98. The Labute approximate surface area is 104 Å². The Morgan fingerprint density at radius 1 is 1.06 bits per heavy atom. The zero-order valence-electron chi connectivity index (χ0n) is 10.5. The van der Waals surface area contributed by atoms with Gasteiger partial charge in [-0.2, -0.15) is 0 Å². The Morgan fingerprint density at radius 2 is 1.76 bits per heavy atom. The van der Waals surface area contributed by atoms with Gasteiger partial charge in [0.25, 0.3) is 0 Å². The number of benzene rings is 1. The minimum absolute atomic E-state index is 0.614. The second-order valence-corrected chi connectivity index (χ2v) is 5.96. The Bertz CT molecular complexity index is 343. The number of hydrogen-bond acceptors (Lipinski definition) is 1. The Balaban J connectivity index is 1.45. The lowest BCUT2D eigenvalue weighted by Gasteiger charge is -2.46. The molecule has 1 saturated heterocycles. The molecular weight excluding hydrogens is 208 g/mol. The fourth-order valence-corrected chi connectivity index (χ4v) is 3.27. The summed E-state index contributed by atoms with van der Waals surface area (Å²) in [6.07, 6.45) is 8.31. The van der Waals surface area contributed by atoms with Crippen LogP contribution in [0.15, 0.2) is 30.3 Å². The van der Waals surface area contributed by atoms with Crippen molar-refractivity contribution in [2.24, 2.45) is 11.3 Å². The number of rotatable bonds is 3. The minimum Gasteiger partial charge on any atom is -0.380 e. The SMILES string of the molecule is c1ccc(CCC2CCC3(CC2)COC3)cc1. The van der Waals surface area contributed by atoms with Gasteiger partial charge in [0.05, 0.1) is 13.2 Å². The highest BCUT2D eigenvalue weighted by atomic mass is 16.5. The molecule has 2 fully saturated rings. The highest BCUT2D eigenvalue weighted by Crippen LogP contribution is 2.45. The van der Waals surface area contributed by atoms with Crippen molar-refractivity contribution >= 4 is 0 Å². The molecule has 1 aromatic rings. The van der Waals surface area contributed by atoms with E-state index in [0.717, 1.165) is 19.1 Å². The monoisotopic (exact) mass is 230 g/mol. The first-order valence-corrected chi connectivity index (χ1v) is 6.98. The molecule has 0 radical (unpaired) electrons. The third-order valence-electron chi connectivity index (χ3n) is 4.67. The summed E-state index contributed by atoms with van der Waals surface area (Å²) in [7, 11) is 0. The van der Waals surface area contributed by atoms with Crippen LogP contribution in [0.2, 0.25) is 0 Å². The van der Waals surface area contributed by atoms with Gasteiger partial charge in [-0.05, 0) is 50.0 Å². The minimum atomic E-state index is 0.614. The summed E-state index contributed by atoms with van der Waals surface area (Å²) < 4.78 is 5.38. The Morgan fingerprint density at radius 3 is 2.35 bits per heavy atom. The van der Waals surface area contributed by atoms with Gasteiger partial charge < -0.3 is 4.74 Å². The van der Waals surface area contributed by atoms with E-state index in [0.29, 0.717) is 5.41 Å². The summed E-state index contributed by atoms with van der Waals surface area (Å²) in [6, 6.07) is 10.9. The third kappa shape index (κ3) is 2.55. The van der Waals surface area contributed by atoms with Gasteiger partial charge in [0.15, 0.2) is 0 Å². The summed E-state index contributed by atoms with van der Waals surface area (Å²) in [5, 5.41) is 0. The van der Waals surface area contributed by atoms with E-state index in [1.54, 1.807) is 0 Å². The molecule has 1 heterocycles. The van der Waals surface area contributed by atoms with Crippen molar-refractivity contribution in [2.45, 2.75) is 38.5 Å². The quantitative estimate of drug-likeness (QED) is 0.767. The van der Waals surface area contributed by atoms with Crippen LogP contribution in [0.5, 0.6) is 0 Å². The summed E-state index contributed by atoms with van der Waals surface area (Å²) in [6.45, 7) is 2.08. The van der Waals surface area contributed by atoms with Crippen LogP contribution >= 0.6 is 0 Å². The van der Waals surface area contributed by atoms with Gasteiger partial charge in [0.1, 0.15) is 0 Å². The van der Waals surface area contributed by atoms with E-state index in [-0.39, 0.29) is 0 Å². The van der Waals surface area contributed by atoms with Gasteiger partial charge in [0.2, 0.25) is 0 Å². The van der Waals surface area contributed by atoms with Crippen molar-refractivity contribution < 1.29 is 4.74 Å². The van der Waals surface area contributed by atoms with Crippen LogP contribution in [0.25, 0.3) is 0 Å². The lowest BCUT2D eigenvalue weighted by Crippen LogP contribution is -2.45. The van der Waals surface area contributed by atoms with Crippen LogP contribution in [-0.4, -0.2) is 13.2 Å². The number of aryl methyl sites for hydroxylation is 1. The maximum atomic E-state index is 5.38. The van der Waals surface area contributed by atoms with Crippen molar-refractivity contribution in [3.8, 4) is 0 Å². The normalized spacial score (nSPS) is 23.5. The van der Waals surface area contributed by atoms with Gasteiger partial charge in [-0.3, -0.25) is 0 Å². The molecular formula is C16H22O. The first-order chi connectivity index (χ1) is 8.36. The van der Waals surface area contributed by atoms with Crippen LogP contribution in [0, 0.1) is 11.3 Å². The molecule has 0 aromatic heterocycles. The van der Waals surface area contributed by atoms with Crippen LogP contribution in [0.4, 0.5) is 0 Å². The molecule has 3 rings (SSSR count). The maximum absolute atomic E-state index is 5.38. The maximum Gasteiger partial charge on any atom is 0.0544 e. The molecule has 0 atom stereocenters. The highest BCUT2D eigenvalue weighted by molar-refractivity contribution is 5.14. The molecule has 1 aromatic carbocycles.